The molecule has 4 rings (SSSR count). The van der Waals surface area contributed by atoms with Crippen LogP contribution in [0.1, 0.15) is 17.3 Å². The van der Waals surface area contributed by atoms with E-state index in [9.17, 15) is 9.18 Å². The molecule has 0 radical (unpaired) electrons. The predicted octanol–water partition coefficient (Wildman–Crippen LogP) is 6.05. The average molecular weight is 515 g/mol. The van der Waals surface area contributed by atoms with E-state index in [1.54, 1.807) is 54.6 Å². The van der Waals surface area contributed by atoms with Crippen molar-refractivity contribution in [3.63, 3.8) is 0 Å². The summed E-state index contributed by atoms with van der Waals surface area (Å²) in [5, 5.41) is 7.88. The van der Waals surface area contributed by atoms with Gasteiger partial charge in [-0.05, 0) is 61.5 Å². The van der Waals surface area contributed by atoms with Crippen molar-refractivity contribution in [1.82, 2.24) is 14.8 Å². The van der Waals surface area contributed by atoms with Crippen LogP contribution in [0.25, 0.3) is 17.1 Å². The SMILES string of the molecule is CCOCCOc1nc(-c2ccccc2F)n(-c2ccc(NC(=O)c3ccc(Cl)cc3Cl)cc2)n1. The number of anilines is 1. The molecule has 1 amide bonds. The maximum Gasteiger partial charge on any atom is 0.336 e. The summed E-state index contributed by atoms with van der Waals surface area (Å²) < 4.78 is 26.9. The minimum Gasteiger partial charge on any atom is -0.460 e. The lowest BCUT2D eigenvalue weighted by molar-refractivity contribution is 0.102. The Labute approximate surface area is 211 Å². The molecule has 4 aromatic rings. The van der Waals surface area contributed by atoms with Crippen LogP contribution in [0.2, 0.25) is 10.0 Å². The van der Waals surface area contributed by atoms with Crippen LogP contribution in [0.3, 0.4) is 0 Å². The molecule has 0 saturated heterocycles. The summed E-state index contributed by atoms with van der Waals surface area (Å²) in [6.45, 7) is 3.09. The number of ether oxygens (including phenoxy) is 2. The molecular weight excluding hydrogens is 494 g/mol. The Bertz CT molecular complexity index is 1330. The lowest BCUT2D eigenvalue weighted by atomic mass is 10.2. The number of nitrogens with zero attached hydrogens (tertiary/aromatic N) is 3. The molecule has 1 heterocycles. The summed E-state index contributed by atoms with van der Waals surface area (Å²) >= 11 is 12.0. The van der Waals surface area contributed by atoms with E-state index < -0.39 is 5.82 Å². The quantitative estimate of drug-likeness (QED) is 0.275. The summed E-state index contributed by atoms with van der Waals surface area (Å²) in [6.07, 6.45) is 0. The van der Waals surface area contributed by atoms with Gasteiger partial charge in [0.05, 0.1) is 28.4 Å². The number of halogens is 3. The van der Waals surface area contributed by atoms with Crippen LogP contribution in [0.15, 0.2) is 66.7 Å². The molecule has 180 valence electrons. The van der Waals surface area contributed by atoms with Crippen LogP contribution in [0, 0.1) is 5.82 Å². The van der Waals surface area contributed by atoms with Crippen molar-refractivity contribution in [3.8, 4) is 23.1 Å². The number of nitrogens with one attached hydrogen (secondary N) is 1. The largest absolute Gasteiger partial charge is 0.460 e. The number of amides is 1. The Morgan fingerprint density at radius 3 is 2.54 bits per heavy atom. The second-order valence-electron chi connectivity index (χ2n) is 7.28. The van der Waals surface area contributed by atoms with Crippen molar-refractivity contribution in [1.29, 1.82) is 0 Å². The molecule has 3 aromatic carbocycles. The van der Waals surface area contributed by atoms with Gasteiger partial charge in [-0.1, -0.05) is 35.3 Å². The molecule has 0 saturated carbocycles. The van der Waals surface area contributed by atoms with Crippen LogP contribution in [0.5, 0.6) is 6.01 Å². The minimum absolute atomic E-state index is 0.0951. The van der Waals surface area contributed by atoms with Crippen LogP contribution < -0.4 is 10.1 Å². The number of aromatic nitrogens is 3. The van der Waals surface area contributed by atoms with E-state index >= 15 is 0 Å². The standard InChI is InChI=1S/C25H21Cl2FN4O3/c1-2-34-13-14-35-25-30-23(20-5-3-4-6-22(20)28)32(31-25)18-10-8-17(9-11-18)29-24(33)19-12-7-16(26)15-21(19)27/h3-12,15H,2,13-14H2,1H3,(H,29,33). The van der Waals surface area contributed by atoms with Crippen molar-refractivity contribution < 1.29 is 18.7 Å². The van der Waals surface area contributed by atoms with Gasteiger partial charge in [-0.2, -0.15) is 4.98 Å². The molecule has 0 atom stereocenters. The van der Waals surface area contributed by atoms with Gasteiger partial charge >= 0.3 is 6.01 Å². The van der Waals surface area contributed by atoms with E-state index in [1.165, 1.54) is 16.8 Å². The molecule has 0 bridgehead atoms. The van der Waals surface area contributed by atoms with Gasteiger partial charge in [-0.3, -0.25) is 4.79 Å². The first-order chi connectivity index (χ1) is 17.0. The Balaban J connectivity index is 1.59. The maximum absolute atomic E-state index is 14.6. The average Bonchev–Trinajstić information content (AvgIpc) is 3.26. The zero-order chi connectivity index (χ0) is 24.8. The van der Waals surface area contributed by atoms with E-state index in [0.717, 1.165) is 0 Å². The van der Waals surface area contributed by atoms with Gasteiger partial charge in [0.15, 0.2) is 5.82 Å². The first-order valence-corrected chi connectivity index (χ1v) is 11.5. The smallest absolute Gasteiger partial charge is 0.336 e. The summed E-state index contributed by atoms with van der Waals surface area (Å²) in [5.74, 6) is -0.540. The number of rotatable bonds is 9. The van der Waals surface area contributed by atoms with Crippen molar-refractivity contribution in [3.05, 3.63) is 88.2 Å². The van der Waals surface area contributed by atoms with Gasteiger partial charge in [0, 0.05) is 17.3 Å². The molecule has 10 heteroatoms. The maximum atomic E-state index is 14.6. The van der Waals surface area contributed by atoms with Crippen LogP contribution in [0.4, 0.5) is 10.1 Å². The summed E-state index contributed by atoms with van der Waals surface area (Å²) in [5.41, 5.74) is 1.70. The van der Waals surface area contributed by atoms with Gasteiger partial charge in [0.1, 0.15) is 12.4 Å². The molecule has 1 aromatic heterocycles. The van der Waals surface area contributed by atoms with E-state index in [-0.39, 0.29) is 34.9 Å². The lowest BCUT2D eigenvalue weighted by Gasteiger charge is -2.09. The van der Waals surface area contributed by atoms with Crippen molar-refractivity contribution in [2.45, 2.75) is 6.92 Å². The zero-order valence-electron chi connectivity index (χ0n) is 18.7. The number of carbonyl (C=O) groups is 1. The molecule has 0 unspecified atom stereocenters. The van der Waals surface area contributed by atoms with Crippen molar-refractivity contribution in [2.75, 3.05) is 25.1 Å². The molecule has 7 nitrogen and oxygen atoms in total. The van der Waals surface area contributed by atoms with E-state index in [2.05, 4.69) is 15.4 Å². The fourth-order valence-electron chi connectivity index (χ4n) is 3.25. The zero-order valence-corrected chi connectivity index (χ0v) is 20.2. The highest BCUT2D eigenvalue weighted by Crippen LogP contribution is 2.27. The number of hydrogen-bond donors (Lipinski definition) is 1. The Morgan fingerprint density at radius 1 is 1.06 bits per heavy atom. The van der Waals surface area contributed by atoms with Crippen molar-refractivity contribution in [2.24, 2.45) is 0 Å². The van der Waals surface area contributed by atoms with E-state index in [1.807, 2.05) is 6.92 Å². The Morgan fingerprint density at radius 2 is 1.83 bits per heavy atom. The third-order valence-electron chi connectivity index (χ3n) is 4.91. The highest BCUT2D eigenvalue weighted by atomic mass is 35.5. The molecule has 0 fully saturated rings. The first-order valence-electron chi connectivity index (χ1n) is 10.8. The molecule has 0 aliphatic carbocycles. The Kier molecular flexibility index (Phi) is 7.97. The monoisotopic (exact) mass is 514 g/mol. The predicted molar refractivity (Wildman–Crippen MR) is 133 cm³/mol. The normalized spacial score (nSPS) is 10.9. The van der Waals surface area contributed by atoms with Gasteiger partial charge in [-0.25, -0.2) is 9.07 Å². The van der Waals surface area contributed by atoms with Crippen molar-refractivity contribution >= 4 is 34.8 Å². The second kappa shape index (κ2) is 11.3. The number of carbonyl (C=O) groups excluding carboxylic acids is 1. The first kappa shape index (κ1) is 24.7. The molecule has 35 heavy (non-hydrogen) atoms. The van der Waals surface area contributed by atoms with E-state index in [4.69, 9.17) is 32.7 Å². The fourth-order valence-corrected chi connectivity index (χ4v) is 3.74. The van der Waals surface area contributed by atoms with Crippen LogP contribution in [-0.2, 0) is 4.74 Å². The highest BCUT2D eigenvalue weighted by molar-refractivity contribution is 6.37. The van der Waals surface area contributed by atoms with Gasteiger partial charge < -0.3 is 14.8 Å². The third-order valence-corrected chi connectivity index (χ3v) is 5.46. The van der Waals surface area contributed by atoms with Gasteiger partial charge in [-0.15, -0.1) is 5.10 Å². The molecule has 0 aliphatic heterocycles. The Hall–Kier alpha value is -3.46. The summed E-state index contributed by atoms with van der Waals surface area (Å²) in [4.78, 5) is 17.0. The van der Waals surface area contributed by atoms with E-state index in [0.29, 0.717) is 35.2 Å². The lowest BCUT2D eigenvalue weighted by Crippen LogP contribution is -2.12. The fraction of sp³-hybridized carbons (Fsp3) is 0.160. The van der Waals surface area contributed by atoms with Crippen LogP contribution >= 0.6 is 23.2 Å². The number of hydrogen-bond acceptors (Lipinski definition) is 5. The molecule has 0 spiro atoms. The van der Waals surface area contributed by atoms with Gasteiger partial charge in [0.25, 0.3) is 5.91 Å². The second-order valence-corrected chi connectivity index (χ2v) is 8.12. The summed E-state index contributed by atoms with van der Waals surface area (Å²) in [7, 11) is 0. The van der Waals surface area contributed by atoms with Gasteiger partial charge in [0.2, 0.25) is 0 Å². The highest BCUT2D eigenvalue weighted by Gasteiger charge is 2.18. The summed E-state index contributed by atoms with van der Waals surface area (Å²) in [6, 6.07) is 17.9. The number of benzene rings is 3. The molecule has 1 N–H and O–H groups in total. The molecular formula is C25H21Cl2FN4O3. The minimum atomic E-state index is -0.439. The third kappa shape index (κ3) is 5.97. The topological polar surface area (TPSA) is 78.3 Å². The van der Waals surface area contributed by atoms with Crippen LogP contribution in [-0.4, -0.2) is 40.5 Å². The molecule has 0 aliphatic rings.